The second kappa shape index (κ2) is 4.57. The lowest BCUT2D eigenvalue weighted by molar-refractivity contribution is 0.286. The van der Waals surface area contributed by atoms with Crippen LogP contribution in [0, 0.1) is 11.7 Å². The molecule has 1 aromatic heterocycles. The topological polar surface area (TPSA) is 53.1 Å². The van der Waals surface area contributed by atoms with Crippen LogP contribution in [0.25, 0.3) is 11.3 Å². The van der Waals surface area contributed by atoms with Gasteiger partial charge in [-0.15, -0.1) is 0 Å². The van der Waals surface area contributed by atoms with E-state index in [1.54, 1.807) is 29.9 Å². The van der Waals surface area contributed by atoms with Gasteiger partial charge in [-0.3, -0.25) is 4.68 Å². The van der Waals surface area contributed by atoms with E-state index in [2.05, 4.69) is 5.10 Å². The summed E-state index contributed by atoms with van der Waals surface area (Å²) in [5, 5.41) is 4.27. The zero-order valence-electron chi connectivity index (χ0n) is 10.8. The van der Waals surface area contributed by atoms with Crippen LogP contribution in [0.15, 0.2) is 24.3 Å². The number of aryl methyl sites for hydroxylation is 1. The standard InChI is InChI=1S/C14H16FN3O/c1-18-13(16)7-12(17-18)10-3-2-4-11(15)14(10)19-8-9-5-6-9/h2-4,7,9H,5-6,8,16H2,1H3. The van der Waals surface area contributed by atoms with Crippen molar-refractivity contribution in [2.75, 3.05) is 12.3 Å². The highest BCUT2D eigenvalue weighted by Gasteiger charge is 2.24. The van der Waals surface area contributed by atoms with Gasteiger partial charge in [-0.05, 0) is 30.9 Å². The molecule has 2 aromatic rings. The predicted octanol–water partition coefficient (Wildman–Crippen LogP) is 2.60. The molecule has 1 aromatic carbocycles. The van der Waals surface area contributed by atoms with E-state index in [9.17, 15) is 4.39 Å². The number of nitrogens with zero attached hydrogens (tertiary/aromatic N) is 2. The van der Waals surface area contributed by atoms with Crippen molar-refractivity contribution in [3.05, 3.63) is 30.1 Å². The molecule has 1 aliphatic rings. The van der Waals surface area contributed by atoms with E-state index in [4.69, 9.17) is 10.5 Å². The molecule has 0 aliphatic heterocycles. The van der Waals surface area contributed by atoms with Gasteiger partial charge in [0.1, 0.15) is 5.82 Å². The Hall–Kier alpha value is -2.04. The smallest absolute Gasteiger partial charge is 0.165 e. The number of benzene rings is 1. The average molecular weight is 261 g/mol. The molecule has 1 heterocycles. The van der Waals surface area contributed by atoms with Crippen LogP contribution in [-0.2, 0) is 7.05 Å². The fourth-order valence-corrected chi connectivity index (χ4v) is 1.96. The van der Waals surface area contributed by atoms with Gasteiger partial charge in [0.15, 0.2) is 11.6 Å². The number of para-hydroxylation sites is 1. The molecule has 4 nitrogen and oxygen atoms in total. The predicted molar refractivity (Wildman–Crippen MR) is 71.2 cm³/mol. The van der Waals surface area contributed by atoms with Gasteiger partial charge >= 0.3 is 0 Å². The summed E-state index contributed by atoms with van der Waals surface area (Å²) in [5.41, 5.74) is 7.04. The molecule has 1 saturated carbocycles. The van der Waals surface area contributed by atoms with Gasteiger partial charge in [0.05, 0.1) is 12.3 Å². The van der Waals surface area contributed by atoms with Gasteiger partial charge in [0, 0.05) is 18.7 Å². The first-order chi connectivity index (χ1) is 9.15. The molecule has 3 rings (SSSR count). The Balaban J connectivity index is 1.96. The molecule has 0 radical (unpaired) electrons. The van der Waals surface area contributed by atoms with Crippen LogP contribution in [0.5, 0.6) is 5.75 Å². The largest absolute Gasteiger partial charge is 0.490 e. The molecule has 0 atom stereocenters. The molecule has 0 bridgehead atoms. The lowest BCUT2D eigenvalue weighted by atomic mass is 10.1. The van der Waals surface area contributed by atoms with Gasteiger partial charge in [-0.1, -0.05) is 6.07 Å². The Morgan fingerprint density at radius 2 is 2.26 bits per heavy atom. The minimum absolute atomic E-state index is 0.271. The lowest BCUT2D eigenvalue weighted by Crippen LogP contribution is -2.02. The molecule has 1 fully saturated rings. The highest BCUT2D eigenvalue weighted by molar-refractivity contribution is 5.69. The van der Waals surface area contributed by atoms with Crippen LogP contribution in [0.4, 0.5) is 10.2 Å². The molecule has 0 amide bonds. The third-order valence-corrected chi connectivity index (χ3v) is 3.32. The van der Waals surface area contributed by atoms with E-state index >= 15 is 0 Å². The summed E-state index contributed by atoms with van der Waals surface area (Å²) in [5.74, 6) is 1.02. The highest BCUT2D eigenvalue weighted by Crippen LogP contribution is 2.35. The molecule has 0 unspecified atom stereocenters. The zero-order valence-corrected chi connectivity index (χ0v) is 10.8. The second-order valence-electron chi connectivity index (χ2n) is 4.95. The Morgan fingerprint density at radius 1 is 1.47 bits per heavy atom. The van der Waals surface area contributed by atoms with Crippen LogP contribution in [0.1, 0.15) is 12.8 Å². The number of nitrogen functional groups attached to an aromatic ring is 1. The summed E-state index contributed by atoms with van der Waals surface area (Å²) in [7, 11) is 1.75. The van der Waals surface area contributed by atoms with E-state index in [1.165, 1.54) is 18.9 Å². The maximum Gasteiger partial charge on any atom is 0.165 e. The Bertz CT molecular complexity index is 585. The van der Waals surface area contributed by atoms with Crippen LogP contribution >= 0.6 is 0 Å². The molecule has 0 saturated heterocycles. The van der Waals surface area contributed by atoms with Gasteiger partial charge in [-0.25, -0.2) is 4.39 Å². The van der Waals surface area contributed by atoms with Crippen molar-refractivity contribution in [2.24, 2.45) is 13.0 Å². The second-order valence-corrected chi connectivity index (χ2v) is 4.95. The number of halogens is 1. The van der Waals surface area contributed by atoms with Crippen molar-refractivity contribution in [3.8, 4) is 17.0 Å². The fourth-order valence-electron chi connectivity index (χ4n) is 1.96. The van der Waals surface area contributed by atoms with Crippen LogP contribution in [0.2, 0.25) is 0 Å². The number of hydrogen-bond acceptors (Lipinski definition) is 3. The van der Waals surface area contributed by atoms with Crippen LogP contribution < -0.4 is 10.5 Å². The molecule has 0 spiro atoms. The Kier molecular flexibility index (Phi) is 2.89. The first-order valence-electron chi connectivity index (χ1n) is 6.36. The van der Waals surface area contributed by atoms with E-state index in [1.807, 2.05) is 0 Å². The molecular formula is C14H16FN3O. The minimum Gasteiger partial charge on any atom is -0.490 e. The summed E-state index contributed by atoms with van der Waals surface area (Å²) in [6.07, 6.45) is 2.33. The number of aromatic nitrogens is 2. The number of hydrogen-bond donors (Lipinski definition) is 1. The lowest BCUT2D eigenvalue weighted by Gasteiger charge is -2.10. The summed E-state index contributed by atoms with van der Waals surface area (Å²) < 4.78 is 21.1. The molecule has 100 valence electrons. The van der Waals surface area contributed by atoms with Crippen molar-refractivity contribution in [3.63, 3.8) is 0 Å². The third kappa shape index (κ3) is 2.41. The summed E-state index contributed by atoms with van der Waals surface area (Å²) in [4.78, 5) is 0. The average Bonchev–Trinajstić information content (AvgIpc) is 3.14. The van der Waals surface area contributed by atoms with Crippen molar-refractivity contribution in [1.29, 1.82) is 0 Å². The number of anilines is 1. The minimum atomic E-state index is -0.359. The van der Waals surface area contributed by atoms with Gasteiger partial charge in [0.2, 0.25) is 0 Å². The fraction of sp³-hybridized carbons (Fsp3) is 0.357. The molecule has 19 heavy (non-hydrogen) atoms. The summed E-state index contributed by atoms with van der Waals surface area (Å²) in [6.45, 7) is 0.566. The molecule has 1 aliphatic carbocycles. The van der Waals surface area contributed by atoms with Gasteiger partial charge < -0.3 is 10.5 Å². The number of ether oxygens (including phenoxy) is 1. The number of rotatable bonds is 4. The Labute approximate surface area is 111 Å². The molecule has 2 N–H and O–H groups in total. The first-order valence-corrected chi connectivity index (χ1v) is 6.36. The summed E-state index contributed by atoms with van der Waals surface area (Å²) >= 11 is 0. The van der Waals surface area contributed by atoms with Gasteiger partial charge in [0.25, 0.3) is 0 Å². The van der Waals surface area contributed by atoms with Gasteiger partial charge in [-0.2, -0.15) is 5.10 Å². The number of nitrogens with two attached hydrogens (primary N) is 1. The van der Waals surface area contributed by atoms with Crippen molar-refractivity contribution in [1.82, 2.24) is 9.78 Å². The van der Waals surface area contributed by atoms with Crippen LogP contribution in [0.3, 0.4) is 0 Å². The maximum atomic E-state index is 13.9. The van der Waals surface area contributed by atoms with Crippen molar-refractivity contribution >= 4 is 5.82 Å². The zero-order chi connectivity index (χ0) is 13.4. The normalized spacial score (nSPS) is 14.6. The SMILES string of the molecule is Cn1nc(-c2cccc(F)c2OCC2CC2)cc1N. The highest BCUT2D eigenvalue weighted by atomic mass is 19.1. The maximum absolute atomic E-state index is 13.9. The van der Waals surface area contributed by atoms with Crippen LogP contribution in [-0.4, -0.2) is 16.4 Å². The third-order valence-electron chi connectivity index (χ3n) is 3.32. The molecular weight excluding hydrogens is 245 g/mol. The van der Waals surface area contributed by atoms with E-state index in [0.717, 1.165) is 0 Å². The van der Waals surface area contributed by atoms with E-state index < -0.39 is 0 Å². The van der Waals surface area contributed by atoms with Crippen molar-refractivity contribution < 1.29 is 9.13 Å². The first kappa shape index (κ1) is 12.0. The summed E-state index contributed by atoms with van der Waals surface area (Å²) in [6, 6.07) is 6.57. The molecule has 5 heteroatoms. The Morgan fingerprint density at radius 3 is 2.89 bits per heavy atom. The monoisotopic (exact) mass is 261 g/mol. The van der Waals surface area contributed by atoms with E-state index in [0.29, 0.717) is 29.6 Å². The van der Waals surface area contributed by atoms with E-state index in [-0.39, 0.29) is 11.6 Å². The van der Waals surface area contributed by atoms with Crippen molar-refractivity contribution in [2.45, 2.75) is 12.8 Å². The quantitative estimate of drug-likeness (QED) is 0.920.